The number of hydrogen-bond acceptors (Lipinski definition) is 6. The van der Waals surface area contributed by atoms with E-state index < -0.39 is 17.2 Å². The topological polar surface area (TPSA) is 124 Å². The summed E-state index contributed by atoms with van der Waals surface area (Å²) >= 11 is 0. The number of nitrogens with two attached hydrogens (primary N) is 1. The average molecular weight is 350 g/mol. The predicted octanol–water partition coefficient (Wildman–Crippen LogP) is 0.805. The molecular formula is C16H22N4O5. The summed E-state index contributed by atoms with van der Waals surface area (Å²) in [6.45, 7) is 2.61. The highest BCUT2D eigenvalue weighted by Crippen LogP contribution is 2.19. The van der Waals surface area contributed by atoms with Crippen LogP contribution in [0.3, 0.4) is 0 Å². The largest absolute Gasteiger partial charge is 0.472 e. The Kier molecular flexibility index (Phi) is 6.18. The molecule has 0 aliphatic heterocycles. The molecule has 0 radical (unpaired) electrons. The van der Waals surface area contributed by atoms with Crippen molar-refractivity contribution in [2.45, 2.75) is 26.3 Å². The number of ether oxygens (including phenoxy) is 1. The van der Waals surface area contributed by atoms with Gasteiger partial charge in [0.15, 0.2) is 5.69 Å². The van der Waals surface area contributed by atoms with E-state index in [9.17, 15) is 14.4 Å². The molecule has 9 heteroatoms. The van der Waals surface area contributed by atoms with Crippen LogP contribution in [0.2, 0.25) is 0 Å². The van der Waals surface area contributed by atoms with Crippen molar-refractivity contribution >= 4 is 17.4 Å². The Hall–Kier alpha value is -2.81. The molecule has 0 saturated heterocycles. The van der Waals surface area contributed by atoms with Gasteiger partial charge in [0.25, 0.3) is 11.5 Å². The van der Waals surface area contributed by atoms with Gasteiger partial charge in [-0.3, -0.25) is 24.0 Å². The van der Waals surface area contributed by atoms with Crippen LogP contribution in [0.15, 0.2) is 32.6 Å². The van der Waals surface area contributed by atoms with E-state index >= 15 is 0 Å². The summed E-state index contributed by atoms with van der Waals surface area (Å²) in [5, 5.41) is 0. The van der Waals surface area contributed by atoms with Gasteiger partial charge in [0, 0.05) is 20.2 Å². The van der Waals surface area contributed by atoms with Gasteiger partial charge >= 0.3 is 5.69 Å². The third kappa shape index (κ3) is 4.00. The standard InChI is InChI=1S/C16H22N4O5/c1-3-4-6-20-13(17)12(14(21)18-16(20)23)19(7-9-24-2)15(22)11-5-8-25-10-11/h5,8,10H,3-4,6-7,9,17H2,1-2H3,(H,18,21,23). The van der Waals surface area contributed by atoms with Gasteiger partial charge in [0.2, 0.25) is 0 Å². The summed E-state index contributed by atoms with van der Waals surface area (Å²) in [4.78, 5) is 40.6. The monoisotopic (exact) mass is 350 g/mol. The van der Waals surface area contributed by atoms with Gasteiger partial charge in [0.05, 0.1) is 18.4 Å². The van der Waals surface area contributed by atoms with E-state index in [-0.39, 0.29) is 30.2 Å². The van der Waals surface area contributed by atoms with Gasteiger partial charge in [-0.25, -0.2) is 4.79 Å². The zero-order valence-electron chi connectivity index (χ0n) is 14.3. The summed E-state index contributed by atoms with van der Waals surface area (Å²) in [6.07, 6.45) is 4.20. The highest BCUT2D eigenvalue weighted by atomic mass is 16.5. The third-order valence-electron chi connectivity index (χ3n) is 3.75. The fourth-order valence-corrected chi connectivity index (χ4v) is 2.42. The van der Waals surface area contributed by atoms with Crippen LogP contribution in [0, 0.1) is 0 Å². The van der Waals surface area contributed by atoms with Crippen LogP contribution in [0.1, 0.15) is 30.1 Å². The van der Waals surface area contributed by atoms with Crippen molar-refractivity contribution in [1.82, 2.24) is 9.55 Å². The number of amides is 1. The number of hydrogen-bond donors (Lipinski definition) is 2. The summed E-state index contributed by atoms with van der Waals surface area (Å²) in [5.74, 6) is -0.515. The number of carbonyl (C=O) groups is 1. The molecule has 0 bridgehead atoms. The van der Waals surface area contributed by atoms with Crippen molar-refractivity contribution in [3.63, 3.8) is 0 Å². The Balaban J connectivity index is 2.54. The first-order valence-electron chi connectivity index (χ1n) is 7.96. The Morgan fingerprint density at radius 2 is 2.20 bits per heavy atom. The SMILES string of the molecule is CCCCn1c(N)c(N(CCOC)C(=O)c2ccoc2)c(=O)[nH]c1=O. The number of anilines is 2. The molecule has 0 saturated carbocycles. The van der Waals surface area contributed by atoms with Crippen LogP contribution < -0.4 is 21.9 Å². The lowest BCUT2D eigenvalue weighted by Gasteiger charge is -2.23. The molecule has 1 amide bonds. The fraction of sp³-hybridized carbons (Fsp3) is 0.438. The van der Waals surface area contributed by atoms with Gasteiger partial charge in [0.1, 0.15) is 12.1 Å². The van der Waals surface area contributed by atoms with E-state index in [2.05, 4.69) is 4.98 Å². The molecule has 0 unspecified atom stereocenters. The van der Waals surface area contributed by atoms with Crippen LogP contribution in [0.4, 0.5) is 11.5 Å². The van der Waals surface area contributed by atoms with Crippen molar-refractivity contribution in [3.8, 4) is 0 Å². The zero-order valence-corrected chi connectivity index (χ0v) is 14.3. The Morgan fingerprint density at radius 1 is 1.44 bits per heavy atom. The van der Waals surface area contributed by atoms with E-state index in [1.54, 1.807) is 0 Å². The maximum atomic E-state index is 12.7. The van der Waals surface area contributed by atoms with Crippen molar-refractivity contribution in [3.05, 3.63) is 45.0 Å². The van der Waals surface area contributed by atoms with E-state index in [1.807, 2.05) is 6.92 Å². The number of furan rings is 1. The van der Waals surface area contributed by atoms with Crippen LogP contribution in [0.25, 0.3) is 0 Å². The minimum absolute atomic E-state index is 0.0462. The van der Waals surface area contributed by atoms with Crippen LogP contribution in [-0.4, -0.2) is 35.7 Å². The zero-order chi connectivity index (χ0) is 18.4. The fourth-order valence-electron chi connectivity index (χ4n) is 2.42. The second-order valence-corrected chi connectivity index (χ2v) is 5.46. The van der Waals surface area contributed by atoms with Crippen molar-refractivity contribution in [1.29, 1.82) is 0 Å². The molecule has 0 atom stereocenters. The van der Waals surface area contributed by atoms with Crippen molar-refractivity contribution in [2.75, 3.05) is 30.9 Å². The molecule has 9 nitrogen and oxygen atoms in total. The predicted molar refractivity (Wildman–Crippen MR) is 92.9 cm³/mol. The van der Waals surface area contributed by atoms with E-state index in [0.29, 0.717) is 13.0 Å². The smallest absolute Gasteiger partial charge is 0.330 e. The van der Waals surface area contributed by atoms with E-state index in [0.717, 1.165) is 6.42 Å². The molecule has 2 heterocycles. The number of rotatable bonds is 8. The summed E-state index contributed by atoms with van der Waals surface area (Å²) < 4.78 is 11.2. The number of H-pyrrole nitrogens is 1. The molecule has 0 fully saturated rings. The second-order valence-electron chi connectivity index (χ2n) is 5.46. The molecule has 136 valence electrons. The highest BCUT2D eigenvalue weighted by Gasteiger charge is 2.25. The molecule has 3 N–H and O–H groups in total. The van der Waals surface area contributed by atoms with E-state index in [1.165, 1.54) is 35.2 Å². The normalized spacial score (nSPS) is 10.8. The summed E-state index contributed by atoms with van der Waals surface area (Å²) in [7, 11) is 1.48. The van der Waals surface area contributed by atoms with Gasteiger partial charge in [-0.1, -0.05) is 13.3 Å². The maximum Gasteiger partial charge on any atom is 0.330 e. The summed E-state index contributed by atoms with van der Waals surface area (Å²) in [5.41, 5.74) is 4.95. The number of nitrogen functional groups attached to an aromatic ring is 1. The summed E-state index contributed by atoms with van der Waals surface area (Å²) in [6, 6.07) is 1.49. The first-order valence-corrected chi connectivity index (χ1v) is 7.96. The average Bonchev–Trinajstić information content (AvgIpc) is 3.11. The molecule has 2 rings (SSSR count). The Labute approximate surface area is 144 Å². The lowest BCUT2D eigenvalue weighted by atomic mass is 10.2. The molecular weight excluding hydrogens is 328 g/mol. The third-order valence-corrected chi connectivity index (χ3v) is 3.75. The van der Waals surface area contributed by atoms with Gasteiger partial charge in [-0.05, 0) is 12.5 Å². The number of aromatic nitrogens is 2. The van der Waals surface area contributed by atoms with Gasteiger partial charge in [-0.15, -0.1) is 0 Å². The van der Waals surface area contributed by atoms with Crippen LogP contribution >= 0.6 is 0 Å². The van der Waals surface area contributed by atoms with E-state index in [4.69, 9.17) is 14.9 Å². The molecule has 2 aromatic rings. The number of nitrogens with one attached hydrogen (secondary N) is 1. The van der Waals surface area contributed by atoms with Crippen LogP contribution in [-0.2, 0) is 11.3 Å². The lowest BCUT2D eigenvalue weighted by molar-refractivity contribution is 0.0975. The lowest BCUT2D eigenvalue weighted by Crippen LogP contribution is -2.42. The number of aromatic amines is 1. The minimum atomic E-state index is -0.719. The molecule has 0 aromatic carbocycles. The van der Waals surface area contributed by atoms with Gasteiger partial charge in [-0.2, -0.15) is 0 Å². The van der Waals surface area contributed by atoms with Gasteiger partial charge < -0.3 is 14.9 Å². The number of unbranched alkanes of at least 4 members (excludes halogenated alkanes) is 1. The molecule has 2 aromatic heterocycles. The van der Waals surface area contributed by atoms with Crippen molar-refractivity contribution < 1.29 is 13.9 Å². The highest BCUT2D eigenvalue weighted by molar-refractivity contribution is 6.07. The number of carbonyl (C=O) groups excluding carboxylic acids is 1. The maximum absolute atomic E-state index is 12.7. The number of nitrogens with zero attached hydrogens (tertiary/aromatic N) is 2. The van der Waals surface area contributed by atoms with Crippen molar-refractivity contribution in [2.24, 2.45) is 0 Å². The molecule has 25 heavy (non-hydrogen) atoms. The minimum Gasteiger partial charge on any atom is -0.472 e. The first kappa shape index (κ1) is 18.5. The quantitative estimate of drug-likeness (QED) is 0.726. The molecule has 0 aliphatic rings. The Morgan fingerprint density at radius 3 is 2.80 bits per heavy atom. The van der Waals surface area contributed by atoms with Crippen LogP contribution in [0.5, 0.6) is 0 Å². The molecule has 0 aliphatic carbocycles. The number of methoxy groups -OCH3 is 1. The first-order chi connectivity index (χ1) is 12.0. The second kappa shape index (κ2) is 8.34. The Bertz CT molecular complexity index is 822. The molecule has 0 spiro atoms.